The average Bonchev–Trinajstić information content (AvgIpc) is 2.17. The van der Waals surface area contributed by atoms with Crippen LogP contribution in [0.5, 0.6) is 0 Å². The maximum atomic E-state index is 11.5. The minimum Gasteiger partial charge on any atom is -0.249 e. The van der Waals surface area contributed by atoms with E-state index in [9.17, 15) is 9.32 Å². The van der Waals surface area contributed by atoms with E-state index in [-0.39, 0.29) is 10.9 Å². The molecule has 1 aromatic rings. The maximum absolute atomic E-state index is 11.5. The highest BCUT2D eigenvalue weighted by Crippen LogP contribution is 2.20. The molecule has 0 saturated carbocycles. The highest BCUT2D eigenvalue weighted by atomic mass is 35.5. The van der Waals surface area contributed by atoms with Gasteiger partial charge in [-0.15, -0.1) is 11.6 Å². The van der Waals surface area contributed by atoms with Gasteiger partial charge in [0.15, 0.2) is 0 Å². The van der Waals surface area contributed by atoms with Gasteiger partial charge in [-0.2, -0.15) is 0 Å². The second kappa shape index (κ2) is 4.23. The van der Waals surface area contributed by atoms with Gasteiger partial charge in [0.25, 0.3) is 0 Å². The van der Waals surface area contributed by atoms with Gasteiger partial charge in [0.05, 0.1) is 10.9 Å². The molecule has 1 atom stereocenters. The first-order valence-corrected chi connectivity index (χ1v) is 4.15. The molecule has 0 radical (unpaired) electrons. The van der Waals surface area contributed by atoms with Crippen LogP contribution in [-0.2, 0) is 4.94 Å². The van der Waals surface area contributed by atoms with Gasteiger partial charge in [-0.1, -0.05) is 12.1 Å². The molecule has 0 bridgehead atoms. The molecule has 1 aromatic carbocycles. The molecule has 0 saturated heterocycles. The summed E-state index contributed by atoms with van der Waals surface area (Å²) in [6, 6.07) is 6.34. The van der Waals surface area contributed by atoms with E-state index in [1.165, 1.54) is 12.1 Å². The topological polar surface area (TPSA) is 26.3 Å². The zero-order valence-electron chi connectivity index (χ0n) is 6.96. The van der Waals surface area contributed by atoms with Crippen LogP contribution in [0, 0.1) is 0 Å². The first-order valence-electron chi connectivity index (χ1n) is 3.72. The first-order chi connectivity index (χ1) is 6.15. The summed E-state index contributed by atoms with van der Waals surface area (Å²) in [7, 11) is 0. The molecule has 13 heavy (non-hydrogen) atoms. The third-order valence-corrected chi connectivity index (χ3v) is 1.90. The van der Waals surface area contributed by atoms with Crippen LogP contribution in [0.3, 0.4) is 0 Å². The molecule has 1 unspecified atom stereocenters. The van der Waals surface area contributed by atoms with Crippen LogP contribution < -0.4 is 0 Å². The standard InChI is InChI=1S/C9H8ClFO2/c1-6(10)7-3-2-4-8(5-7)9(12)13-11/h2-6H,1H3. The molecule has 0 amide bonds. The highest BCUT2D eigenvalue weighted by Gasteiger charge is 2.09. The molecule has 0 aromatic heterocycles. The molecule has 0 aliphatic rings. The summed E-state index contributed by atoms with van der Waals surface area (Å²) in [5.74, 6) is -1.00. The van der Waals surface area contributed by atoms with Gasteiger partial charge in [-0.3, -0.25) is 0 Å². The number of carbonyl (C=O) groups excluding carboxylic acids is 1. The largest absolute Gasteiger partial charge is 0.379 e. The monoisotopic (exact) mass is 202 g/mol. The van der Waals surface area contributed by atoms with Gasteiger partial charge in [0.1, 0.15) is 0 Å². The Hall–Kier alpha value is -1.09. The Bertz CT molecular complexity index is 312. The molecule has 0 aliphatic carbocycles. The van der Waals surface area contributed by atoms with Gasteiger partial charge in [-0.05, 0) is 24.6 Å². The van der Waals surface area contributed by atoms with Crippen molar-refractivity contribution in [3.8, 4) is 0 Å². The van der Waals surface area contributed by atoms with E-state index in [0.29, 0.717) is 0 Å². The Morgan fingerprint density at radius 2 is 2.31 bits per heavy atom. The Morgan fingerprint density at radius 1 is 1.62 bits per heavy atom. The van der Waals surface area contributed by atoms with E-state index in [4.69, 9.17) is 11.6 Å². The average molecular weight is 203 g/mol. The summed E-state index contributed by atoms with van der Waals surface area (Å²) in [6.07, 6.45) is 0. The molecule has 4 heteroatoms. The molecule has 0 heterocycles. The van der Waals surface area contributed by atoms with E-state index in [1.54, 1.807) is 19.1 Å². The third-order valence-electron chi connectivity index (χ3n) is 1.65. The zero-order valence-corrected chi connectivity index (χ0v) is 7.72. The molecular formula is C9H8ClFO2. The lowest BCUT2D eigenvalue weighted by molar-refractivity contribution is -0.0788. The first kappa shape index (κ1) is 9.99. The molecular weight excluding hydrogens is 195 g/mol. The van der Waals surface area contributed by atoms with Crippen LogP contribution >= 0.6 is 11.6 Å². The summed E-state index contributed by atoms with van der Waals surface area (Å²) in [5.41, 5.74) is 0.914. The van der Waals surface area contributed by atoms with Gasteiger partial charge in [0, 0.05) is 4.53 Å². The van der Waals surface area contributed by atoms with Crippen LogP contribution in [0.15, 0.2) is 24.3 Å². The van der Waals surface area contributed by atoms with Crippen LogP contribution in [-0.4, -0.2) is 5.97 Å². The lowest BCUT2D eigenvalue weighted by Crippen LogP contribution is -1.99. The van der Waals surface area contributed by atoms with Crippen LogP contribution in [0.1, 0.15) is 28.2 Å². The van der Waals surface area contributed by atoms with E-state index in [2.05, 4.69) is 4.94 Å². The minimum atomic E-state index is -1.00. The smallest absolute Gasteiger partial charge is 0.249 e. The molecule has 0 N–H and O–H groups in total. The van der Waals surface area contributed by atoms with Crippen molar-refractivity contribution in [2.45, 2.75) is 12.3 Å². The molecule has 2 nitrogen and oxygen atoms in total. The van der Waals surface area contributed by atoms with E-state index >= 15 is 0 Å². The fraction of sp³-hybridized carbons (Fsp3) is 0.222. The number of rotatable bonds is 2. The highest BCUT2D eigenvalue weighted by molar-refractivity contribution is 6.20. The maximum Gasteiger partial charge on any atom is 0.379 e. The van der Waals surface area contributed by atoms with Gasteiger partial charge in [-0.25, -0.2) is 9.74 Å². The summed E-state index contributed by atoms with van der Waals surface area (Å²) in [6.45, 7) is 1.77. The van der Waals surface area contributed by atoms with E-state index in [0.717, 1.165) is 5.56 Å². The summed E-state index contributed by atoms with van der Waals surface area (Å²) < 4.78 is 11.5. The summed E-state index contributed by atoms with van der Waals surface area (Å²) in [5, 5.41) is -0.215. The Morgan fingerprint density at radius 3 is 2.85 bits per heavy atom. The van der Waals surface area contributed by atoms with Crippen molar-refractivity contribution in [3.05, 3.63) is 35.4 Å². The predicted octanol–water partition coefficient (Wildman–Crippen LogP) is 3.03. The number of benzene rings is 1. The Kier molecular flexibility index (Phi) is 3.25. The van der Waals surface area contributed by atoms with Gasteiger partial charge >= 0.3 is 5.97 Å². The van der Waals surface area contributed by atoms with Crippen molar-refractivity contribution in [2.24, 2.45) is 0 Å². The second-order valence-corrected chi connectivity index (χ2v) is 3.26. The lowest BCUT2D eigenvalue weighted by atomic mass is 10.1. The van der Waals surface area contributed by atoms with E-state index in [1.807, 2.05) is 0 Å². The van der Waals surface area contributed by atoms with Gasteiger partial charge < -0.3 is 0 Å². The van der Waals surface area contributed by atoms with Crippen LogP contribution in [0.25, 0.3) is 0 Å². The van der Waals surface area contributed by atoms with Crippen molar-refractivity contribution >= 4 is 17.6 Å². The normalized spacial score (nSPS) is 12.2. The quantitative estimate of drug-likeness (QED) is 0.689. The van der Waals surface area contributed by atoms with Crippen molar-refractivity contribution in [1.29, 1.82) is 0 Å². The third kappa shape index (κ3) is 2.42. The SMILES string of the molecule is CC(Cl)c1cccc(C(=O)OF)c1. The fourth-order valence-corrected chi connectivity index (χ4v) is 1.09. The zero-order chi connectivity index (χ0) is 9.84. The van der Waals surface area contributed by atoms with Crippen molar-refractivity contribution in [2.75, 3.05) is 0 Å². The second-order valence-electron chi connectivity index (χ2n) is 2.61. The number of halogens is 2. The Labute approximate surface area is 80.2 Å². The number of alkyl halides is 1. The summed E-state index contributed by atoms with van der Waals surface area (Å²) in [4.78, 5) is 13.8. The van der Waals surface area contributed by atoms with Crippen molar-refractivity contribution in [1.82, 2.24) is 0 Å². The van der Waals surface area contributed by atoms with Crippen LogP contribution in [0.2, 0.25) is 0 Å². The Balaban J connectivity index is 2.98. The van der Waals surface area contributed by atoms with Crippen molar-refractivity contribution in [3.63, 3.8) is 0 Å². The molecule has 1 rings (SSSR count). The fourth-order valence-electron chi connectivity index (χ4n) is 0.958. The van der Waals surface area contributed by atoms with Crippen molar-refractivity contribution < 1.29 is 14.3 Å². The number of carbonyl (C=O) groups is 1. The van der Waals surface area contributed by atoms with Gasteiger partial charge in [0.2, 0.25) is 0 Å². The number of hydrogen-bond acceptors (Lipinski definition) is 2. The molecule has 70 valence electrons. The predicted molar refractivity (Wildman–Crippen MR) is 47.2 cm³/mol. The molecule has 0 aliphatic heterocycles. The summed E-state index contributed by atoms with van der Waals surface area (Å²) >= 11 is 5.78. The lowest BCUT2D eigenvalue weighted by Gasteiger charge is -2.03. The minimum absolute atomic E-state index is 0.160. The van der Waals surface area contributed by atoms with E-state index < -0.39 is 5.97 Å². The molecule has 0 fully saturated rings. The molecule has 0 spiro atoms. The number of hydrogen-bond donors (Lipinski definition) is 0. The van der Waals surface area contributed by atoms with Crippen LogP contribution in [0.4, 0.5) is 4.53 Å².